The maximum Gasteiger partial charge on any atom is 0.0807 e. The minimum Gasteiger partial charge on any atom is -0.379 e. The van der Waals surface area contributed by atoms with Gasteiger partial charge in [0, 0.05) is 19.2 Å². The number of rotatable bonds is 9. The molecular formula is C17H33NO2. The summed E-state index contributed by atoms with van der Waals surface area (Å²) in [4.78, 5) is 0. The van der Waals surface area contributed by atoms with Crippen LogP contribution in [0.25, 0.3) is 0 Å². The van der Waals surface area contributed by atoms with Gasteiger partial charge in [0.25, 0.3) is 0 Å². The van der Waals surface area contributed by atoms with Crippen molar-refractivity contribution in [2.75, 3.05) is 26.4 Å². The van der Waals surface area contributed by atoms with E-state index in [-0.39, 0.29) is 5.60 Å². The summed E-state index contributed by atoms with van der Waals surface area (Å²) in [6, 6.07) is 0.770. The maximum atomic E-state index is 6.29. The SMILES string of the molecule is CC(C)COCCOC1(CNC2CC2)CCC(C)CC1. The molecule has 118 valence electrons. The molecule has 2 aliphatic carbocycles. The third-order valence-electron chi connectivity index (χ3n) is 4.56. The van der Waals surface area contributed by atoms with Crippen LogP contribution in [0.2, 0.25) is 0 Å². The van der Waals surface area contributed by atoms with Crippen molar-refractivity contribution < 1.29 is 9.47 Å². The van der Waals surface area contributed by atoms with Crippen molar-refractivity contribution in [2.24, 2.45) is 11.8 Å². The van der Waals surface area contributed by atoms with Gasteiger partial charge in [-0.1, -0.05) is 20.8 Å². The third-order valence-corrected chi connectivity index (χ3v) is 4.56. The molecule has 1 N–H and O–H groups in total. The molecule has 2 fully saturated rings. The van der Waals surface area contributed by atoms with Crippen LogP contribution in [0.1, 0.15) is 59.3 Å². The highest BCUT2D eigenvalue weighted by Crippen LogP contribution is 2.35. The van der Waals surface area contributed by atoms with E-state index in [0.29, 0.717) is 5.92 Å². The van der Waals surface area contributed by atoms with Crippen LogP contribution in [0.3, 0.4) is 0 Å². The zero-order valence-electron chi connectivity index (χ0n) is 13.6. The Hall–Kier alpha value is -0.120. The van der Waals surface area contributed by atoms with E-state index in [9.17, 15) is 0 Å². The first-order valence-electron chi connectivity index (χ1n) is 8.55. The topological polar surface area (TPSA) is 30.5 Å². The Morgan fingerprint density at radius 3 is 2.40 bits per heavy atom. The second-order valence-electron chi connectivity index (χ2n) is 7.34. The van der Waals surface area contributed by atoms with Gasteiger partial charge in [0.15, 0.2) is 0 Å². The molecule has 0 aliphatic heterocycles. The smallest absolute Gasteiger partial charge is 0.0807 e. The normalized spacial score (nSPS) is 30.9. The molecule has 20 heavy (non-hydrogen) atoms. The van der Waals surface area contributed by atoms with Gasteiger partial charge in [0.2, 0.25) is 0 Å². The van der Waals surface area contributed by atoms with Crippen molar-refractivity contribution in [3.8, 4) is 0 Å². The summed E-state index contributed by atoms with van der Waals surface area (Å²) in [7, 11) is 0. The summed E-state index contributed by atoms with van der Waals surface area (Å²) < 4.78 is 11.9. The lowest BCUT2D eigenvalue weighted by Crippen LogP contribution is -2.47. The Morgan fingerprint density at radius 2 is 1.80 bits per heavy atom. The molecule has 3 nitrogen and oxygen atoms in total. The minimum absolute atomic E-state index is 0.0797. The zero-order chi connectivity index (χ0) is 14.4. The summed E-state index contributed by atoms with van der Waals surface area (Å²) >= 11 is 0. The van der Waals surface area contributed by atoms with Crippen LogP contribution in [-0.4, -0.2) is 38.0 Å². The van der Waals surface area contributed by atoms with Crippen LogP contribution < -0.4 is 5.32 Å². The second kappa shape index (κ2) is 7.77. The van der Waals surface area contributed by atoms with Crippen LogP contribution in [0.5, 0.6) is 0 Å². The Bertz CT molecular complexity index is 268. The van der Waals surface area contributed by atoms with Crippen molar-refractivity contribution in [2.45, 2.75) is 70.9 Å². The van der Waals surface area contributed by atoms with Crippen molar-refractivity contribution in [3.05, 3.63) is 0 Å². The summed E-state index contributed by atoms with van der Waals surface area (Å²) in [5.74, 6) is 1.47. The van der Waals surface area contributed by atoms with Gasteiger partial charge in [-0.15, -0.1) is 0 Å². The van der Waals surface area contributed by atoms with Crippen LogP contribution in [0.4, 0.5) is 0 Å². The predicted octanol–water partition coefficient (Wildman–Crippen LogP) is 3.38. The van der Waals surface area contributed by atoms with Gasteiger partial charge in [0.05, 0.1) is 18.8 Å². The van der Waals surface area contributed by atoms with Crippen LogP contribution in [-0.2, 0) is 9.47 Å². The highest BCUT2D eigenvalue weighted by molar-refractivity contribution is 4.92. The Labute approximate surface area is 124 Å². The van der Waals surface area contributed by atoms with Gasteiger partial charge in [-0.2, -0.15) is 0 Å². The van der Waals surface area contributed by atoms with E-state index < -0.39 is 0 Å². The van der Waals surface area contributed by atoms with Gasteiger partial charge >= 0.3 is 0 Å². The maximum absolute atomic E-state index is 6.29. The lowest BCUT2D eigenvalue weighted by Gasteiger charge is -2.39. The average molecular weight is 283 g/mol. The molecule has 0 spiro atoms. The fraction of sp³-hybridized carbons (Fsp3) is 1.00. The molecule has 0 aromatic heterocycles. The molecular weight excluding hydrogens is 250 g/mol. The lowest BCUT2D eigenvalue weighted by molar-refractivity contribution is -0.0931. The van der Waals surface area contributed by atoms with E-state index in [2.05, 4.69) is 26.1 Å². The molecule has 2 rings (SSSR count). The van der Waals surface area contributed by atoms with Gasteiger partial charge < -0.3 is 14.8 Å². The lowest BCUT2D eigenvalue weighted by atomic mass is 9.79. The van der Waals surface area contributed by atoms with E-state index >= 15 is 0 Å². The fourth-order valence-electron chi connectivity index (χ4n) is 2.91. The van der Waals surface area contributed by atoms with Crippen LogP contribution in [0.15, 0.2) is 0 Å². The number of nitrogens with one attached hydrogen (secondary N) is 1. The van der Waals surface area contributed by atoms with Crippen molar-refractivity contribution in [1.82, 2.24) is 5.32 Å². The molecule has 0 aromatic rings. The first kappa shape index (κ1) is 16.3. The molecule has 2 saturated carbocycles. The van der Waals surface area contributed by atoms with Gasteiger partial charge in [-0.25, -0.2) is 0 Å². The molecule has 0 atom stereocenters. The van der Waals surface area contributed by atoms with Crippen LogP contribution >= 0.6 is 0 Å². The van der Waals surface area contributed by atoms with E-state index in [1.165, 1.54) is 38.5 Å². The molecule has 0 unspecified atom stereocenters. The van der Waals surface area contributed by atoms with E-state index in [1.807, 2.05) is 0 Å². The molecule has 0 radical (unpaired) electrons. The first-order valence-corrected chi connectivity index (χ1v) is 8.55. The summed E-state index contributed by atoms with van der Waals surface area (Å²) in [6.45, 7) is 10.1. The number of ether oxygens (including phenoxy) is 2. The number of hydrogen-bond acceptors (Lipinski definition) is 3. The molecule has 2 aliphatic rings. The van der Waals surface area contributed by atoms with Crippen molar-refractivity contribution >= 4 is 0 Å². The molecule has 0 amide bonds. The number of hydrogen-bond donors (Lipinski definition) is 1. The Kier molecular flexibility index (Phi) is 6.31. The van der Waals surface area contributed by atoms with Gasteiger partial charge in [-0.3, -0.25) is 0 Å². The standard InChI is InChI=1S/C17H33NO2/c1-14(2)12-19-10-11-20-17(13-18-16-4-5-16)8-6-15(3)7-9-17/h14-16,18H,4-13H2,1-3H3. The molecule has 3 heteroatoms. The van der Waals surface area contributed by atoms with E-state index in [0.717, 1.165) is 38.3 Å². The summed E-state index contributed by atoms with van der Waals surface area (Å²) in [6.07, 6.45) is 7.72. The predicted molar refractivity (Wildman–Crippen MR) is 83.0 cm³/mol. The molecule has 0 heterocycles. The zero-order valence-corrected chi connectivity index (χ0v) is 13.6. The molecule has 0 saturated heterocycles. The largest absolute Gasteiger partial charge is 0.379 e. The molecule has 0 bridgehead atoms. The quantitative estimate of drug-likeness (QED) is 0.658. The van der Waals surface area contributed by atoms with Gasteiger partial charge in [-0.05, 0) is 50.4 Å². The third kappa shape index (κ3) is 5.71. The molecule has 0 aromatic carbocycles. The van der Waals surface area contributed by atoms with Crippen LogP contribution in [0, 0.1) is 11.8 Å². The van der Waals surface area contributed by atoms with E-state index in [4.69, 9.17) is 9.47 Å². The first-order chi connectivity index (χ1) is 9.60. The summed E-state index contributed by atoms with van der Waals surface area (Å²) in [5.41, 5.74) is 0.0797. The van der Waals surface area contributed by atoms with Crippen molar-refractivity contribution in [3.63, 3.8) is 0 Å². The minimum atomic E-state index is 0.0797. The summed E-state index contributed by atoms with van der Waals surface area (Å²) in [5, 5.41) is 3.68. The Balaban J connectivity index is 1.70. The van der Waals surface area contributed by atoms with Gasteiger partial charge in [0.1, 0.15) is 0 Å². The average Bonchev–Trinajstić information content (AvgIpc) is 3.23. The highest BCUT2D eigenvalue weighted by Gasteiger charge is 2.36. The van der Waals surface area contributed by atoms with E-state index in [1.54, 1.807) is 0 Å². The Morgan fingerprint density at radius 1 is 1.10 bits per heavy atom. The fourth-order valence-corrected chi connectivity index (χ4v) is 2.91. The highest BCUT2D eigenvalue weighted by atomic mass is 16.5. The monoisotopic (exact) mass is 283 g/mol. The second-order valence-corrected chi connectivity index (χ2v) is 7.34. The van der Waals surface area contributed by atoms with Crippen molar-refractivity contribution in [1.29, 1.82) is 0 Å².